The molecule has 1 N–H and O–H groups in total. The van der Waals surface area contributed by atoms with E-state index in [-0.39, 0.29) is 11.4 Å². The van der Waals surface area contributed by atoms with Crippen molar-refractivity contribution in [3.63, 3.8) is 0 Å². The van der Waals surface area contributed by atoms with Crippen molar-refractivity contribution in [2.75, 3.05) is 0 Å². The molecule has 0 aliphatic carbocycles. The van der Waals surface area contributed by atoms with Crippen LogP contribution in [0, 0.1) is 5.82 Å². The lowest BCUT2D eigenvalue weighted by Gasteiger charge is -2.21. The molecular formula is C23H25F4N3O4S. The molecule has 0 aliphatic heterocycles. The Morgan fingerprint density at radius 2 is 1.83 bits per heavy atom. The quantitative estimate of drug-likeness (QED) is 0.459. The van der Waals surface area contributed by atoms with Crippen molar-refractivity contribution in [3.8, 4) is 11.4 Å². The van der Waals surface area contributed by atoms with Crippen LogP contribution in [-0.4, -0.2) is 41.9 Å². The highest BCUT2D eigenvalue weighted by atomic mass is 32.2. The first-order valence-electron chi connectivity index (χ1n) is 10.7. The van der Waals surface area contributed by atoms with Crippen LogP contribution >= 0.6 is 0 Å². The monoisotopic (exact) mass is 515 g/mol. The zero-order valence-electron chi connectivity index (χ0n) is 19.7. The molecule has 3 rings (SSSR count). The van der Waals surface area contributed by atoms with E-state index in [4.69, 9.17) is 4.74 Å². The van der Waals surface area contributed by atoms with Crippen LogP contribution in [0.15, 0.2) is 41.4 Å². The average Bonchev–Trinajstić information content (AvgIpc) is 3.09. The van der Waals surface area contributed by atoms with Gasteiger partial charge < -0.3 is 4.74 Å². The van der Waals surface area contributed by atoms with Gasteiger partial charge in [-0.25, -0.2) is 22.2 Å². The van der Waals surface area contributed by atoms with Crippen LogP contribution in [0.1, 0.15) is 40.2 Å². The van der Waals surface area contributed by atoms with E-state index < -0.39 is 44.6 Å². The normalized spacial score (nSPS) is 13.7. The smallest absolute Gasteiger partial charge is 0.419 e. The van der Waals surface area contributed by atoms with Crippen molar-refractivity contribution in [3.05, 3.63) is 47.9 Å². The molecular weight excluding hydrogens is 490 g/mol. The summed E-state index contributed by atoms with van der Waals surface area (Å²) in [5.74, 6) is -0.452. The molecule has 0 saturated heterocycles. The molecule has 35 heavy (non-hydrogen) atoms. The fourth-order valence-electron chi connectivity index (χ4n) is 3.29. The average molecular weight is 516 g/mol. The summed E-state index contributed by atoms with van der Waals surface area (Å²) in [6.45, 7) is 7.49. The van der Waals surface area contributed by atoms with Crippen LogP contribution in [0.4, 0.5) is 22.4 Å². The van der Waals surface area contributed by atoms with E-state index in [0.29, 0.717) is 29.8 Å². The Morgan fingerprint density at radius 3 is 2.34 bits per heavy atom. The highest BCUT2D eigenvalue weighted by molar-refractivity contribution is 7.89. The molecule has 0 bridgehead atoms. The molecule has 0 aliphatic rings. The highest BCUT2D eigenvalue weighted by Gasteiger charge is 2.39. The van der Waals surface area contributed by atoms with E-state index in [0.717, 1.165) is 12.3 Å². The standard InChI is InChI=1S/C23H25F4N3O4S/c1-6-14-10-19-15(9-17(14)24)11-20(30(19)21(31)34-22(3,4)5)18-8-7-16(12-28-18)35(32,33)29-13(2)23(25,26)27/h7-13,29H,6H2,1-5H3. The summed E-state index contributed by atoms with van der Waals surface area (Å²) in [4.78, 5) is 16.6. The Morgan fingerprint density at radius 1 is 1.17 bits per heavy atom. The van der Waals surface area contributed by atoms with Gasteiger partial charge >= 0.3 is 12.3 Å². The number of aryl methyl sites for hydroxylation is 1. The van der Waals surface area contributed by atoms with Crippen LogP contribution in [0.5, 0.6) is 0 Å². The van der Waals surface area contributed by atoms with Gasteiger partial charge in [0.2, 0.25) is 10.0 Å². The molecule has 2 heterocycles. The molecule has 1 unspecified atom stereocenters. The number of aromatic nitrogens is 2. The zero-order valence-corrected chi connectivity index (χ0v) is 20.5. The van der Waals surface area contributed by atoms with Crippen molar-refractivity contribution < 1.29 is 35.5 Å². The second-order valence-electron chi connectivity index (χ2n) is 8.97. The number of halogens is 4. The third kappa shape index (κ3) is 5.81. The topological polar surface area (TPSA) is 90.3 Å². The van der Waals surface area contributed by atoms with Crippen LogP contribution in [-0.2, 0) is 21.2 Å². The Labute approximate surface area is 200 Å². The van der Waals surface area contributed by atoms with Crippen molar-refractivity contribution >= 4 is 27.0 Å². The summed E-state index contributed by atoms with van der Waals surface area (Å²) in [6.07, 6.45) is -4.25. The number of nitrogens with one attached hydrogen (secondary N) is 1. The number of pyridine rings is 1. The van der Waals surface area contributed by atoms with E-state index in [2.05, 4.69) is 4.98 Å². The van der Waals surface area contributed by atoms with Crippen LogP contribution < -0.4 is 4.72 Å². The van der Waals surface area contributed by atoms with E-state index in [1.807, 2.05) is 0 Å². The van der Waals surface area contributed by atoms with Gasteiger partial charge in [0, 0.05) is 11.6 Å². The summed E-state index contributed by atoms with van der Waals surface area (Å²) in [5, 5.41) is 0.389. The molecule has 0 radical (unpaired) electrons. The lowest BCUT2D eigenvalue weighted by Crippen LogP contribution is -2.42. The van der Waals surface area contributed by atoms with Crippen LogP contribution in [0.3, 0.4) is 0 Å². The third-order valence-electron chi connectivity index (χ3n) is 5.06. The Kier molecular flexibility index (Phi) is 7.02. The summed E-state index contributed by atoms with van der Waals surface area (Å²) in [5.41, 5.74) is 0.235. The summed E-state index contributed by atoms with van der Waals surface area (Å²) < 4.78 is 85.7. The number of hydrogen-bond acceptors (Lipinski definition) is 5. The van der Waals surface area contributed by atoms with Gasteiger partial charge in [-0.05, 0) is 70.0 Å². The maximum Gasteiger partial charge on any atom is 0.419 e. The molecule has 0 amide bonds. The molecule has 12 heteroatoms. The fourth-order valence-corrected chi connectivity index (χ4v) is 4.47. The Hall–Kier alpha value is -2.99. The number of carbonyl (C=O) groups excluding carboxylic acids is 1. The Bertz CT molecular complexity index is 1360. The fraction of sp³-hybridized carbons (Fsp3) is 0.391. The van der Waals surface area contributed by atoms with Crippen LogP contribution in [0.25, 0.3) is 22.3 Å². The first kappa shape index (κ1) is 26.6. The van der Waals surface area contributed by atoms with Crippen LogP contribution in [0.2, 0.25) is 0 Å². The SMILES string of the molecule is CCc1cc2c(cc1F)cc(-c1ccc(S(=O)(=O)NC(C)C(F)(F)F)cn1)n2C(=O)OC(C)(C)C. The predicted octanol–water partition coefficient (Wildman–Crippen LogP) is 5.42. The van der Waals surface area contributed by atoms with E-state index >= 15 is 0 Å². The van der Waals surface area contributed by atoms with Crippen molar-refractivity contribution in [2.24, 2.45) is 0 Å². The number of benzene rings is 1. The van der Waals surface area contributed by atoms with Crippen molar-refractivity contribution in [2.45, 2.75) is 63.8 Å². The molecule has 0 fully saturated rings. The number of nitrogens with zero attached hydrogens (tertiary/aromatic N) is 2. The number of fused-ring (bicyclic) bond motifs is 1. The molecule has 190 valence electrons. The maximum atomic E-state index is 14.4. The second-order valence-corrected chi connectivity index (χ2v) is 10.7. The van der Waals surface area contributed by atoms with E-state index in [1.54, 1.807) is 32.4 Å². The van der Waals surface area contributed by atoms with Gasteiger partial charge in [0.05, 0.1) is 16.9 Å². The lowest BCUT2D eigenvalue weighted by molar-refractivity contribution is -0.147. The highest BCUT2D eigenvalue weighted by Crippen LogP contribution is 2.31. The molecule has 3 aromatic rings. The minimum Gasteiger partial charge on any atom is -0.443 e. The number of hydrogen-bond donors (Lipinski definition) is 1. The minimum absolute atomic E-state index is 0.133. The van der Waals surface area contributed by atoms with Gasteiger partial charge in [-0.1, -0.05) is 6.92 Å². The molecule has 7 nitrogen and oxygen atoms in total. The molecule has 1 aromatic carbocycles. The van der Waals surface area contributed by atoms with E-state index in [9.17, 15) is 30.8 Å². The minimum atomic E-state index is -4.76. The number of alkyl halides is 3. The molecule has 0 spiro atoms. The Balaban J connectivity index is 2.10. The molecule has 2 aromatic heterocycles. The third-order valence-corrected chi connectivity index (χ3v) is 6.58. The number of ether oxygens (including phenoxy) is 1. The number of sulfonamides is 1. The van der Waals surface area contributed by atoms with Crippen molar-refractivity contribution in [1.82, 2.24) is 14.3 Å². The van der Waals surface area contributed by atoms with Gasteiger partial charge in [-0.15, -0.1) is 0 Å². The van der Waals surface area contributed by atoms with Gasteiger partial charge in [0.1, 0.15) is 22.4 Å². The number of rotatable bonds is 5. The lowest BCUT2D eigenvalue weighted by atomic mass is 10.1. The maximum absolute atomic E-state index is 14.4. The molecule has 0 saturated carbocycles. The predicted molar refractivity (Wildman–Crippen MR) is 122 cm³/mol. The molecule has 1 atom stereocenters. The summed E-state index contributed by atoms with van der Waals surface area (Å²) in [7, 11) is -4.51. The van der Waals surface area contributed by atoms with Gasteiger partial charge in [0.15, 0.2) is 0 Å². The van der Waals surface area contributed by atoms with Gasteiger partial charge in [-0.3, -0.25) is 4.98 Å². The first-order valence-corrected chi connectivity index (χ1v) is 12.1. The summed E-state index contributed by atoms with van der Waals surface area (Å²) >= 11 is 0. The largest absolute Gasteiger partial charge is 0.443 e. The first-order chi connectivity index (χ1) is 16.0. The second kappa shape index (κ2) is 9.23. The zero-order chi connectivity index (χ0) is 26.3. The summed E-state index contributed by atoms with van der Waals surface area (Å²) in [6, 6.07) is 4.33. The van der Waals surface area contributed by atoms with Gasteiger partial charge in [0.25, 0.3) is 0 Å². The number of carbonyl (C=O) groups is 1. The van der Waals surface area contributed by atoms with Gasteiger partial charge in [-0.2, -0.15) is 17.9 Å². The van der Waals surface area contributed by atoms with Crippen molar-refractivity contribution in [1.29, 1.82) is 0 Å². The van der Waals surface area contributed by atoms with E-state index in [1.165, 1.54) is 28.8 Å².